The van der Waals surface area contributed by atoms with E-state index in [9.17, 15) is 4.79 Å². The standard InChI is InChI=1S/C15H10ClN5O/c16-11-3-1-2-4-12(11)20-15(22)13-8-18-14-7-10(19-9-17)5-6-21(13)14/h1-8,19H,(H,20,22). The molecule has 0 spiro atoms. The number of hydrogen-bond acceptors (Lipinski definition) is 4. The second-order valence-electron chi connectivity index (χ2n) is 4.46. The van der Waals surface area contributed by atoms with E-state index in [0.717, 1.165) is 0 Å². The number of carbonyl (C=O) groups excluding carboxylic acids is 1. The van der Waals surface area contributed by atoms with E-state index < -0.39 is 0 Å². The third-order valence-corrected chi connectivity index (χ3v) is 3.40. The van der Waals surface area contributed by atoms with Crippen LogP contribution in [0.15, 0.2) is 48.8 Å². The van der Waals surface area contributed by atoms with Crippen molar-refractivity contribution in [2.24, 2.45) is 0 Å². The summed E-state index contributed by atoms with van der Waals surface area (Å²) >= 11 is 6.03. The number of carbonyl (C=O) groups is 1. The highest BCUT2D eigenvalue weighted by molar-refractivity contribution is 6.33. The van der Waals surface area contributed by atoms with E-state index in [1.165, 1.54) is 6.20 Å². The Balaban J connectivity index is 1.92. The van der Waals surface area contributed by atoms with Gasteiger partial charge < -0.3 is 5.32 Å². The average molecular weight is 312 g/mol. The zero-order valence-electron chi connectivity index (χ0n) is 11.2. The Labute approximate surface area is 131 Å². The maximum Gasteiger partial charge on any atom is 0.274 e. The van der Waals surface area contributed by atoms with Gasteiger partial charge in [-0.05, 0) is 18.2 Å². The summed E-state index contributed by atoms with van der Waals surface area (Å²) < 4.78 is 1.63. The number of nitrogens with one attached hydrogen (secondary N) is 2. The van der Waals surface area contributed by atoms with Gasteiger partial charge in [0, 0.05) is 12.3 Å². The summed E-state index contributed by atoms with van der Waals surface area (Å²) in [5.74, 6) is -0.318. The highest BCUT2D eigenvalue weighted by atomic mass is 35.5. The molecule has 0 aliphatic rings. The fraction of sp³-hybridized carbons (Fsp3) is 0. The lowest BCUT2D eigenvalue weighted by Gasteiger charge is -2.07. The van der Waals surface area contributed by atoms with Crippen LogP contribution in [-0.2, 0) is 0 Å². The quantitative estimate of drug-likeness (QED) is 0.575. The Morgan fingerprint density at radius 3 is 2.91 bits per heavy atom. The molecule has 6 nitrogen and oxygen atoms in total. The number of benzene rings is 1. The van der Waals surface area contributed by atoms with Crippen molar-refractivity contribution >= 4 is 34.5 Å². The molecule has 1 amide bonds. The molecule has 0 unspecified atom stereocenters. The molecule has 22 heavy (non-hydrogen) atoms. The number of imidazole rings is 1. The number of amides is 1. The lowest BCUT2D eigenvalue weighted by atomic mass is 10.3. The third-order valence-electron chi connectivity index (χ3n) is 3.07. The second kappa shape index (κ2) is 5.76. The number of nitrogens with zero attached hydrogens (tertiary/aromatic N) is 3. The molecule has 0 bridgehead atoms. The van der Waals surface area contributed by atoms with Crippen molar-refractivity contribution in [2.45, 2.75) is 0 Å². The maximum atomic E-state index is 12.4. The third kappa shape index (κ3) is 2.57. The smallest absolute Gasteiger partial charge is 0.274 e. The van der Waals surface area contributed by atoms with Gasteiger partial charge in [0.15, 0.2) is 6.19 Å². The predicted molar refractivity (Wildman–Crippen MR) is 83.8 cm³/mol. The van der Waals surface area contributed by atoms with Crippen LogP contribution >= 0.6 is 11.6 Å². The molecule has 0 aliphatic carbocycles. The first-order valence-electron chi connectivity index (χ1n) is 6.37. The summed E-state index contributed by atoms with van der Waals surface area (Å²) in [4.78, 5) is 16.5. The zero-order valence-corrected chi connectivity index (χ0v) is 12.0. The largest absolute Gasteiger partial charge is 0.319 e. The van der Waals surface area contributed by atoms with Gasteiger partial charge in [-0.1, -0.05) is 23.7 Å². The SMILES string of the molecule is N#CNc1ccn2c(C(=O)Nc3ccccc3Cl)cnc2c1. The van der Waals surface area contributed by atoms with Crippen LogP contribution in [-0.4, -0.2) is 15.3 Å². The van der Waals surface area contributed by atoms with Crippen LogP contribution in [0.4, 0.5) is 11.4 Å². The minimum absolute atomic E-state index is 0.318. The van der Waals surface area contributed by atoms with Crippen molar-refractivity contribution in [2.75, 3.05) is 10.6 Å². The Morgan fingerprint density at radius 1 is 1.32 bits per heavy atom. The first-order chi connectivity index (χ1) is 10.7. The molecule has 3 aromatic rings. The summed E-state index contributed by atoms with van der Waals surface area (Å²) in [6.07, 6.45) is 4.98. The number of para-hydroxylation sites is 1. The van der Waals surface area contributed by atoms with Crippen LogP contribution < -0.4 is 10.6 Å². The summed E-state index contributed by atoms with van der Waals surface area (Å²) in [5, 5.41) is 14.3. The first-order valence-corrected chi connectivity index (χ1v) is 6.75. The summed E-state index contributed by atoms with van der Waals surface area (Å²) in [7, 11) is 0. The monoisotopic (exact) mass is 311 g/mol. The molecule has 3 rings (SSSR count). The number of anilines is 2. The maximum absolute atomic E-state index is 12.4. The van der Waals surface area contributed by atoms with Gasteiger partial charge in [0.2, 0.25) is 0 Å². The number of pyridine rings is 1. The fourth-order valence-corrected chi connectivity index (χ4v) is 2.22. The molecule has 0 radical (unpaired) electrons. The van der Waals surface area contributed by atoms with E-state index in [1.54, 1.807) is 47.0 Å². The van der Waals surface area contributed by atoms with Crippen LogP contribution in [0.2, 0.25) is 5.02 Å². The van der Waals surface area contributed by atoms with Crippen molar-refractivity contribution in [1.29, 1.82) is 5.26 Å². The van der Waals surface area contributed by atoms with Crippen molar-refractivity contribution in [1.82, 2.24) is 9.38 Å². The van der Waals surface area contributed by atoms with E-state index in [4.69, 9.17) is 16.9 Å². The molecule has 7 heteroatoms. The molecule has 0 aliphatic heterocycles. The average Bonchev–Trinajstić information content (AvgIpc) is 2.93. The van der Waals surface area contributed by atoms with Crippen molar-refractivity contribution < 1.29 is 4.79 Å². The molecule has 0 saturated carbocycles. The number of nitriles is 1. The van der Waals surface area contributed by atoms with Gasteiger partial charge in [0.1, 0.15) is 11.3 Å². The topological polar surface area (TPSA) is 82.2 Å². The summed E-state index contributed by atoms with van der Waals surface area (Å²) in [6.45, 7) is 0. The normalized spacial score (nSPS) is 10.2. The van der Waals surface area contributed by atoms with E-state index in [-0.39, 0.29) is 5.91 Å². The van der Waals surface area contributed by atoms with E-state index >= 15 is 0 Å². The Hall–Kier alpha value is -3.04. The molecule has 2 N–H and O–H groups in total. The Morgan fingerprint density at radius 2 is 2.14 bits per heavy atom. The van der Waals surface area contributed by atoms with Gasteiger partial charge in [-0.2, -0.15) is 5.26 Å². The zero-order chi connectivity index (χ0) is 15.5. The van der Waals surface area contributed by atoms with E-state index in [2.05, 4.69) is 15.6 Å². The number of aromatic nitrogens is 2. The molecular weight excluding hydrogens is 302 g/mol. The Bertz CT molecular complexity index is 896. The molecule has 2 aromatic heterocycles. The van der Waals surface area contributed by atoms with Crippen molar-refractivity contribution in [3.63, 3.8) is 0 Å². The van der Waals surface area contributed by atoms with Gasteiger partial charge in [0.05, 0.1) is 22.6 Å². The van der Waals surface area contributed by atoms with Crippen LogP contribution in [0.25, 0.3) is 5.65 Å². The van der Waals surface area contributed by atoms with Crippen molar-refractivity contribution in [3.05, 3.63) is 59.5 Å². The molecule has 0 fully saturated rings. The van der Waals surface area contributed by atoms with Crippen molar-refractivity contribution in [3.8, 4) is 6.19 Å². The highest BCUT2D eigenvalue weighted by Crippen LogP contribution is 2.21. The van der Waals surface area contributed by atoms with Gasteiger partial charge >= 0.3 is 0 Å². The van der Waals surface area contributed by atoms with Crippen LogP contribution in [0.3, 0.4) is 0 Å². The minimum Gasteiger partial charge on any atom is -0.319 e. The Kier molecular flexibility index (Phi) is 3.64. The number of rotatable bonds is 3. The molecule has 2 heterocycles. The van der Waals surface area contributed by atoms with E-state index in [1.807, 2.05) is 6.19 Å². The van der Waals surface area contributed by atoms with Gasteiger partial charge in [0.25, 0.3) is 5.91 Å². The van der Waals surface area contributed by atoms with Crippen LogP contribution in [0.1, 0.15) is 10.5 Å². The van der Waals surface area contributed by atoms with Crippen LogP contribution in [0.5, 0.6) is 0 Å². The fourth-order valence-electron chi connectivity index (χ4n) is 2.04. The van der Waals surface area contributed by atoms with E-state index in [0.29, 0.717) is 27.7 Å². The number of fused-ring (bicyclic) bond motifs is 1. The molecule has 0 atom stereocenters. The van der Waals surface area contributed by atoms with Gasteiger partial charge in [-0.3, -0.25) is 14.5 Å². The summed E-state index contributed by atoms with van der Waals surface area (Å²) in [6, 6.07) is 10.4. The molecule has 108 valence electrons. The summed E-state index contributed by atoms with van der Waals surface area (Å²) in [5.41, 5.74) is 2.08. The number of halogens is 1. The number of hydrogen-bond donors (Lipinski definition) is 2. The second-order valence-corrected chi connectivity index (χ2v) is 4.87. The lowest BCUT2D eigenvalue weighted by molar-refractivity contribution is 0.102. The lowest BCUT2D eigenvalue weighted by Crippen LogP contribution is -2.14. The van der Waals surface area contributed by atoms with Gasteiger partial charge in [-0.25, -0.2) is 4.98 Å². The molecular formula is C15H10ClN5O. The molecule has 0 saturated heterocycles. The molecule has 1 aromatic carbocycles. The van der Waals surface area contributed by atoms with Gasteiger partial charge in [-0.15, -0.1) is 0 Å². The highest BCUT2D eigenvalue weighted by Gasteiger charge is 2.13. The first kappa shape index (κ1) is 13.9. The minimum atomic E-state index is -0.318. The predicted octanol–water partition coefficient (Wildman–Crippen LogP) is 3.13. The van der Waals surface area contributed by atoms with Crippen LogP contribution in [0, 0.1) is 11.5 Å².